The highest BCUT2D eigenvalue weighted by Gasteiger charge is 2.40. The number of hydrogen-bond donors (Lipinski definition) is 4. The Morgan fingerprint density at radius 1 is 1.33 bits per heavy atom. The fourth-order valence-electron chi connectivity index (χ4n) is 3.50. The van der Waals surface area contributed by atoms with Gasteiger partial charge in [-0.2, -0.15) is 0 Å². The van der Waals surface area contributed by atoms with Gasteiger partial charge >= 0.3 is 0 Å². The number of aliphatic hydroxyl groups is 1. The van der Waals surface area contributed by atoms with Gasteiger partial charge in [0.2, 0.25) is 0 Å². The summed E-state index contributed by atoms with van der Waals surface area (Å²) in [6, 6.07) is 8.55. The summed E-state index contributed by atoms with van der Waals surface area (Å²) in [6.45, 7) is 0.135. The number of imidazole rings is 1. The van der Waals surface area contributed by atoms with Gasteiger partial charge in [0.15, 0.2) is 21.0 Å². The van der Waals surface area contributed by atoms with E-state index in [4.69, 9.17) is 22.1 Å². The van der Waals surface area contributed by atoms with Crippen LogP contribution in [0.3, 0.4) is 0 Å². The molecule has 1 aliphatic rings. The number of nitrogens with one attached hydrogen (secondary N) is 2. The molecule has 1 unspecified atom stereocenters. The number of nitrogens with zero attached hydrogens (tertiary/aromatic N) is 4. The Morgan fingerprint density at radius 2 is 2.06 bits per heavy atom. The zero-order chi connectivity index (χ0) is 25.7. The van der Waals surface area contributed by atoms with E-state index in [1.165, 1.54) is 11.9 Å². The highest BCUT2D eigenvalue weighted by atomic mass is 35.5. The van der Waals surface area contributed by atoms with E-state index in [1.54, 1.807) is 34.9 Å². The summed E-state index contributed by atoms with van der Waals surface area (Å²) >= 11 is 8.48. The molecule has 190 valence electrons. The molecule has 1 saturated carbocycles. The van der Waals surface area contributed by atoms with Crippen LogP contribution in [0.4, 0.5) is 8.78 Å². The van der Waals surface area contributed by atoms with Gasteiger partial charge in [-0.15, -0.1) is 10.2 Å². The zero-order valence-electron chi connectivity index (χ0n) is 18.5. The molecule has 5 rings (SSSR count). The summed E-state index contributed by atoms with van der Waals surface area (Å²) in [5, 5.41) is 17.5. The van der Waals surface area contributed by atoms with E-state index in [9.17, 15) is 18.1 Å². The van der Waals surface area contributed by atoms with Gasteiger partial charge in [-0.3, -0.25) is 4.40 Å². The van der Waals surface area contributed by atoms with Crippen LogP contribution in [-0.4, -0.2) is 46.9 Å². The third kappa shape index (κ3) is 4.98. The summed E-state index contributed by atoms with van der Waals surface area (Å²) in [6.07, 6.45) is 0.240. The van der Waals surface area contributed by atoms with Crippen LogP contribution in [0.1, 0.15) is 24.3 Å². The van der Waals surface area contributed by atoms with Crippen LogP contribution in [-0.2, 0) is 9.73 Å². The summed E-state index contributed by atoms with van der Waals surface area (Å²) in [7, 11) is -3.01. The Kier molecular flexibility index (Phi) is 6.78. The van der Waals surface area contributed by atoms with Crippen molar-refractivity contribution >= 4 is 50.1 Å². The first-order valence-corrected chi connectivity index (χ1v) is 14.4. The minimum absolute atomic E-state index is 0.0531. The van der Waals surface area contributed by atoms with E-state index in [-0.39, 0.29) is 28.3 Å². The van der Waals surface area contributed by atoms with E-state index in [0.717, 1.165) is 11.3 Å². The van der Waals surface area contributed by atoms with E-state index in [0.29, 0.717) is 39.3 Å². The number of fused-ring (bicyclic) bond motifs is 1. The van der Waals surface area contributed by atoms with Gasteiger partial charge in [0, 0.05) is 33.8 Å². The normalized spacial score (nSPS) is 16.5. The van der Waals surface area contributed by atoms with Crippen molar-refractivity contribution in [3.63, 3.8) is 0 Å². The predicted molar refractivity (Wildman–Crippen MR) is 136 cm³/mol. The van der Waals surface area contributed by atoms with Gasteiger partial charge < -0.3 is 10.8 Å². The van der Waals surface area contributed by atoms with Gasteiger partial charge in [0.05, 0.1) is 15.2 Å². The van der Waals surface area contributed by atoms with Crippen molar-refractivity contribution in [2.75, 3.05) is 12.3 Å². The van der Waals surface area contributed by atoms with Crippen LogP contribution < -0.4 is 10.5 Å². The van der Waals surface area contributed by atoms with Crippen molar-refractivity contribution in [2.45, 2.75) is 34.8 Å². The SMILES string of the molecule is N=S(=O)(CCN)c1ccc(-c2cc(SNC3(O)CC3)cn3c(-c4nnc(C(F)F)s4)nc(Cl)c23)cc1. The number of nitrogens with two attached hydrogens (primary N) is 1. The van der Waals surface area contributed by atoms with Crippen molar-refractivity contribution in [1.82, 2.24) is 24.3 Å². The number of hydrogen-bond acceptors (Lipinski definition) is 10. The lowest BCUT2D eigenvalue weighted by Crippen LogP contribution is -2.23. The lowest BCUT2D eigenvalue weighted by atomic mass is 10.1. The van der Waals surface area contributed by atoms with E-state index < -0.39 is 26.9 Å². The third-order valence-corrected chi connectivity index (χ3v) is 9.49. The first kappa shape index (κ1) is 25.4. The molecule has 4 aromatic rings. The average molecular weight is 572 g/mol. The molecule has 1 atom stereocenters. The minimum atomic E-state index is -3.01. The molecule has 5 N–H and O–H groups in total. The molecule has 3 heterocycles. The second-order valence-corrected chi connectivity index (χ2v) is 12.7. The highest BCUT2D eigenvalue weighted by Crippen LogP contribution is 2.40. The molecule has 1 aromatic carbocycles. The van der Waals surface area contributed by atoms with Crippen LogP contribution in [0.2, 0.25) is 5.15 Å². The quantitative estimate of drug-likeness (QED) is 0.169. The lowest BCUT2D eigenvalue weighted by molar-refractivity contribution is 0.142. The number of pyridine rings is 1. The lowest BCUT2D eigenvalue weighted by Gasteiger charge is -2.13. The van der Waals surface area contributed by atoms with Crippen LogP contribution in [0, 0.1) is 4.78 Å². The molecule has 0 bridgehead atoms. The topological polar surface area (TPSA) is 142 Å². The number of halogens is 3. The van der Waals surface area contributed by atoms with Gasteiger partial charge in [0.25, 0.3) is 6.43 Å². The molecule has 0 aliphatic heterocycles. The summed E-state index contributed by atoms with van der Waals surface area (Å²) in [5.74, 6) is 0.305. The van der Waals surface area contributed by atoms with Crippen molar-refractivity contribution in [2.24, 2.45) is 5.73 Å². The summed E-state index contributed by atoms with van der Waals surface area (Å²) in [4.78, 5) is 5.45. The summed E-state index contributed by atoms with van der Waals surface area (Å²) < 4.78 is 51.6. The van der Waals surface area contributed by atoms with Gasteiger partial charge in [0.1, 0.15) is 5.72 Å². The zero-order valence-corrected chi connectivity index (χ0v) is 21.7. The van der Waals surface area contributed by atoms with Gasteiger partial charge in [-0.1, -0.05) is 35.1 Å². The van der Waals surface area contributed by atoms with Crippen LogP contribution in [0.25, 0.3) is 27.5 Å². The van der Waals surface area contributed by atoms with Crippen LogP contribution in [0.5, 0.6) is 0 Å². The Morgan fingerprint density at radius 3 is 2.67 bits per heavy atom. The molecule has 9 nitrogen and oxygen atoms in total. The van der Waals surface area contributed by atoms with Crippen molar-refractivity contribution in [3.05, 3.63) is 46.7 Å². The van der Waals surface area contributed by atoms with E-state index in [2.05, 4.69) is 19.9 Å². The second-order valence-electron chi connectivity index (χ2n) is 8.21. The Balaban J connectivity index is 1.64. The second kappa shape index (κ2) is 9.59. The molecule has 0 spiro atoms. The van der Waals surface area contributed by atoms with Gasteiger partial charge in [-0.25, -0.2) is 27.5 Å². The number of aromatic nitrogens is 4. The first-order chi connectivity index (χ1) is 17.1. The fourth-order valence-corrected chi connectivity index (χ4v) is 6.45. The molecule has 0 radical (unpaired) electrons. The van der Waals surface area contributed by atoms with Crippen molar-refractivity contribution in [1.29, 1.82) is 4.78 Å². The van der Waals surface area contributed by atoms with E-state index >= 15 is 0 Å². The molecule has 15 heteroatoms. The van der Waals surface area contributed by atoms with Crippen LogP contribution >= 0.6 is 34.9 Å². The maximum Gasteiger partial charge on any atom is 0.291 e. The third-order valence-electron chi connectivity index (χ3n) is 5.52. The Hall–Kier alpha value is -2.20. The number of rotatable bonds is 9. The monoisotopic (exact) mass is 571 g/mol. The van der Waals surface area contributed by atoms with Gasteiger partial charge in [-0.05, 0) is 48.6 Å². The molecule has 0 amide bonds. The largest absolute Gasteiger partial charge is 0.375 e. The molecule has 1 fully saturated rings. The molecule has 36 heavy (non-hydrogen) atoms. The maximum atomic E-state index is 13.1. The highest BCUT2D eigenvalue weighted by molar-refractivity contribution is 7.97. The number of benzene rings is 1. The average Bonchev–Trinajstić information content (AvgIpc) is 3.24. The van der Waals surface area contributed by atoms with Crippen molar-refractivity contribution in [3.8, 4) is 22.0 Å². The van der Waals surface area contributed by atoms with E-state index in [1.807, 2.05) is 6.07 Å². The molecule has 1 aliphatic carbocycles. The fraction of sp³-hybridized carbons (Fsp3) is 0.286. The Labute approximate surface area is 218 Å². The van der Waals surface area contributed by atoms with Crippen LogP contribution in [0.15, 0.2) is 46.3 Å². The smallest absolute Gasteiger partial charge is 0.291 e. The molecular weight excluding hydrogens is 552 g/mol. The number of alkyl halides is 2. The summed E-state index contributed by atoms with van der Waals surface area (Å²) in [5.41, 5.74) is 6.45. The molecular formula is C21H20ClF2N7O2S3. The minimum Gasteiger partial charge on any atom is -0.375 e. The predicted octanol–water partition coefficient (Wildman–Crippen LogP) is 4.55. The molecule has 3 aromatic heterocycles. The Bertz CT molecular complexity index is 1540. The van der Waals surface area contributed by atoms with Crippen molar-refractivity contribution < 1.29 is 18.1 Å². The first-order valence-electron chi connectivity index (χ1n) is 10.7. The standard InChI is InChI=1S/C21H20ClF2N7O2S3/c22-16-15-14(11-1-3-13(4-2-11)36(26,33)8-7-25)9-12(35-30-21(32)5-6-21)10-31(15)18(27-16)20-29-28-19(34-20)17(23)24/h1-4,9-10,17,26,30,32H,5-8,25H2. The molecule has 0 saturated heterocycles. The maximum absolute atomic E-state index is 13.1.